The number of nitrogens with zero attached hydrogens (tertiary/aromatic N) is 1. The zero-order valence-electron chi connectivity index (χ0n) is 11.0. The molecule has 1 N–H and O–H groups in total. The highest BCUT2D eigenvalue weighted by atomic mass is 35.5. The molecule has 0 amide bonds. The molecule has 18 heavy (non-hydrogen) atoms. The van der Waals surface area contributed by atoms with Gasteiger partial charge in [-0.2, -0.15) is 0 Å². The van der Waals surface area contributed by atoms with E-state index in [4.69, 9.17) is 23.2 Å². The topological polar surface area (TPSA) is 23.5 Å². The molecule has 102 valence electrons. The third-order valence-corrected chi connectivity index (χ3v) is 3.88. The van der Waals surface area contributed by atoms with E-state index in [-0.39, 0.29) is 0 Å². The van der Waals surface area contributed by atoms with Gasteiger partial charge in [0.05, 0.1) is 16.1 Å². The maximum Gasteiger partial charge on any atom is 0.0817 e. The Kier molecular flexibility index (Phi) is 7.02. The minimum absolute atomic E-state index is 0.463. The summed E-state index contributed by atoms with van der Waals surface area (Å²) in [4.78, 5) is 2.32. The van der Waals surface area contributed by atoms with Crippen LogP contribution in [0.15, 0.2) is 18.2 Å². The van der Waals surface area contributed by atoms with E-state index in [1.807, 2.05) is 12.1 Å². The number of aliphatic hydroxyl groups excluding tert-OH is 1. The normalized spacial score (nSPS) is 13.0. The number of halogens is 2. The van der Waals surface area contributed by atoms with E-state index in [9.17, 15) is 5.11 Å². The van der Waals surface area contributed by atoms with Gasteiger partial charge in [0.15, 0.2) is 0 Å². The van der Waals surface area contributed by atoms with Crippen molar-refractivity contribution < 1.29 is 5.11 Å². The van der Waals surface area contributed by atoms with Crippen LogP contribution in [0.1, 0.15) is 38.4 Å². The maximum absolute atomic E-state index is 10.2. The lowest BCUT2D eigenvalue weighted by molar-refractivity contribution is 0.143. The molecule has 0 bridgehead atoms. The van der Waals surface area contributed by atoms with Gasteiger partial charge in [0, 0.05) is 12.1 Å². The highest BCUT2D eigenvalue weighted by Gasteiger charge is 2.14. The van der Waals surface area contributed by atoms with Crippen LogP contribution in [-0.2, 0) is 0 Å². The van der Waals surface area contributed by atoms with Crippen LogP contribution in [0.3, 0.4) is 0 Å². The molecule has 1 atom stereocenters. The molecule has 0 aliphatic carbocycles. The molecular formula is C14H21Cl2NO. The molecule has 0 aromatic heterocycles. The molecule has 2 nitrogen and oxygen atoms in total. The summed E-state index contributed by atoms with van der Waals surface area (Å²) in [5, 5.41) is 11.1. The Balaban J connectivity index is 2.59. The fourth-order valence-electron chi connectivity index (χ4n) is 1.98. The van der Waals surface area contributed by atoms with Crippen LogP contribution in [0.25, 0.3) is 0 Å². The Hall–Kier alpha value is -0.280. The van der Waals surface area contributed by atoms with Crippen LogP contribution in [0.4, 0.5) is 0 Å². The molecule has 4 heteroatoms. The predicted molar refractivity (Wildman–Crippen MR) is 78.4 cm³/mol. The van der Waals surface area contributed by atoms with Gasteiger partial charge in [0.25, 0.3) is 0 Å². The largest absolute Gasteiger partial charge is 0.388 e. The molecule has 0 heterocycles. The van der Waals surface area contributed by atoms with E-state index >= 15 is 0 Å². The molecule has 1 unspecified atom stereocenters. The lowest BCUT2D eigenvalue weighted by atomic mass is 10.1. The van der Waals surface area contributed by atoms with E-state index in [2.05, 4.69) is 18.7 Å². The third kappa shape index (κ3) is 4.43. The Morgan fingerprint density at radius 3 is 2.56 bits per heavy atom. The third-order valence-electron chi connectivity index (χ3n) is 3.05. The van der Waals surface area contributed by atoms with Crippen LogP contribution >= 0.6 is 23.2 Å². The van der Waals surface area contributed by atoms with Crippen LogP contribution in [0.5, 0.6) is 0 Å². The van der Waals surface area contributed by atoms with Crippen LogP contribution in [-0.4, -0.2) is 29.6 Å². The van der Waals surface area contributed by atoms with E-state index in [1.54, 1.807) is 6.07 Å². The van der Waals surface area contributed by atoms with Gasteiger partial charge in [-0.15, -0.1) is 0 Å². The zero-order chi connectivity index (χ0) is 13.5. The summed E-state index contributed by atoms with van der Waals surface area (Å²) >= 11 is 12.0. The van der Waals surface area contributed by atoms with Gasteiger partial charge in [-0.25, -0.2) is 0 Å². The maximum atomic E-state index is 10.2. The molecular weight excluding hydrogens is 269 g/mol. The fraction of sp³-hybridized carbons (Fsp3) is 0.571. The molecule has 0 aliphatic rings. The van der Waals surface area contributed by atoms with Crippen LogP contribution < -0.4 is 0 Å². The van der Waals surface area contributed by atoms with Crippen molar-refractivity contribution in [3.63, 3.8) is 0 Å². The van der Waals surface area contributed by atoms with Crippen molar-refractivity contribution >= 4 is 23.2 Å². The number of benzene rings is 1. The number of aliphatic hydroxyl groups is 1. The summed E-state index contributed by atoms with van der Waals surface area (Å²) in [6.45, 7) is 7.23. The Morgan fingerprint density at radius 1 is 1.22 bits per heavy atom. The minimum Gasteiger partial charge on any atom is -0.388 e. The molecule has 0 spiro atoms. The van der Waals surface area contributed by atoms with Crippen molar-refractivity contribution in [1.82, 2.24) is 4.90 Å². The quantitative estimate of drug-likeness (QED) is 0.815. The van der Waals surface area contributed by atoms with Gasteiger partial charge in [0.1, 0.15) is 0 Å². The van der Waals surface area contributed by atoms with Crippen LogP contribution in [0.2, 0.25) is 10.0 Å². The summed E-state index contributed by atoms with van der Waals surface area (Å²) in [7, 11) is 0. The molecule has 1 aromatic carbocycles. The lowest BCUT2D eigenvalue weighted by Gasteiger charge is -2.21. The SMILES string of the molecule is CCCN(CC)CCC(O)c1cccc(Cl)c1Cl. The van der Waals surface area contributed by atoms with Crippen molar-refractivity contribution in [2.24, 2.45) is 0 Å². The molecule has 1 aromatic rings. The fourth-order valence-corrected chi connectivity index (χ4v) is 2.42. The van der Waals surface area contributed by atoms with Gasteiger partial charge < -0.3 is 10.0 Å². The second-order valence-electron chi connectivity index (χ2n) is 4.38. The van der Waals surface area contributed by atoms with E-state index in [1.165, 1.54) is 0 Å². The Bertz CT molecular complexity index is 371. The van der Waals surface area contributed by atoms with E-state index < -0.39 is 6.10 Å². The summed E-state index contributed by atoms with van der Waals surface area (Å²) in [6, 6.07) is 5.38. The van der Waals surface area contributed by atoms with Gasteiger partial charge in [-0.1, -0.05) is 49.2 Å². The van der Waals surface area contributed by atoms with Crippen molar-refractivity contribution in [2.75, 3.05) is 19.6 Å². The van der Waals surface area contributed by atoms with Crippen molar-refractivity contribution in [1.29, 1.82) is 0 Å². The second kappa shape index (κ2) is 8.00. The first-order valence-electron chi connectivity index (χ1n) is 6.44. The molecule has 0 saturated carbocycles. The molecule has 0 radical (unpaired) electrons. The predicted octanol–water partition coefficient (Wildman–Crippen LogP) is 4.15. The number of rotatable bonds is 7. The second-order valence-corrected chi connectivity index (χ2v) is 5.17. The molecule has 0 aliphatic heterocycles. The first-order valence-corrected chi connectivity index (χ1v) is 7.20. The average molecular weight is 290 g/mol. The zero-order valence-corrected chi connectivity index (χ0v) is 12.5. The first-order chi connectivity index (χ1) is 8.60. The van der Waals surface area contributed by atoms with Crippen molar-refractivity contribution in [3.8, 4) is 0 Å². The van der Waals surface area contributed by atoms with Crippen molar-refractivity contribution in [2.45, 2.75) is 32.8 Å². The van der Waals surface area contributed by atoms with Gasteiger partial charge >= 0.3 is 0 Å². The Labute approximate surface area is 120 Å². The smallest absolute Gasteiger partial charge is 0.0817 e. The highest BCUT2D eigenvalue weighted by Crippen LogP contribution is 2.31. The van der Waals surface area contributed by atoms with Crippen LogP contribution in [0, 0.1) is 0 Å². The van der Waals surface area contributed by atoms with E-state index in [0.29, 0.717) is 16.5 Å². The van der Waals surface area contributed by atoms with Crippen molar-refractivity contribution in [3.05, 3.63) is 33.8 Å². The van der Waals surface area contributed by atoms with Gasteiger partial charge in [0.2, 0.25) is 0 Å². The minimum atomic E-state index is -0.554. The monoisotopic (exact) mass is 289 g/mol. The summed E-state index contributed by atoms with van der Waals surface area (Å²) in [5.74, 6) is 0. The van der Waals surface area contributed by atoms with Gasteiger partial charge in [-0.05, 0) is 32.0 Å². The molecule has 0 fully saturated rings. The molecule has 0 saturated heterocycles. The lowest BCUT2D eigenvalue weighted by Crippen LogP contribution is -2.26. The van der Waals surface area contributed by atoms with Gasteiger partial charge in [-0.3, -0.25) is 0 Å². The summed E-state index contributed by atoms with van der Waals surface area (Å²) < 4.78 is 0. The average Bonchev–Trinajstić information content (AvgIpc) is 2.37. The number of hydrogen-bond acceptors (Lipinski definition) is 2. The summed E-state index contributed by atoms with van der Waals surface area (Å²) in [6.07, 6.45) is 1.25. The Morgan fingerprint density at radius 2 is 1.94 bits per heavy atom. The van der Waals surface area contributed by atoms with E-state index in [0.717, 1.165) is 31.6 Å². The molecule has 1 rings (SSSR count). The first kappa shape index (κ1) is 15.8. The number of hydrogen-bond donors (Lipinski definition) is 1. The highest BCUT2D eigenvalue weighted by molar-refractivity contribution is 6.42. The standard InChI is InChI=1S/C14H21Cl2NO/c1-3-9-17(4-2)10-8-13(18)11-6-5-7-12(15)14(11)16/h5-7,13,18H,3-4,8-10H2,1-2H3. The summed E-state index contributed by atoms with van der Waals surface area (Å²) in [5.41, 5.74) is 0.719.